The fourth-order valence-corrected chi connectivity index (χ4v) is 4.11. The molecule has 1 saturated heterocycles. The van der Waals surface area contributed by atoms with Crippen LogP contribution in [0.2, 0.25) is 0 Å². The van der Waals surface area contributed by atoms with Crippen molar-refractivity contribution < 1.29 is 8.42 Å². The Kier molecular flexibility index (Phi) is 3.77. The first-order valence-electron chi connectivity index (χ1n) is 5.31. The van der Waals surface area contributed by atoms with Crippen LogP contribution in [0.15, 0.2) is 0 Å². The van der Waals surface area contributed by atoms with Crippen LogP contribution in [0, 0.1) is 5.92 Å². The molecule has 0 N–H and O–H groups in total. The maximum atomic E-state index is 11.5. The standard InChI is InChI=1S/C10H20O2S/c1-3-9(4-2)8-10-6-5-7-13(10,11)12/h9-10H,3-8H2,1-2H3. The van der Waals surface area contributed by atoms with Crippen LogP contribution in [-0.4, -0.2) is 19.4 Å². The predicted molar refractivity (Wildman–Crippen MR) is 55.5 cm³/mol. The van der Waals surface area contributed by atoms with E-state index in [0.29, 0.717) is 11.7 Å². The third-order valence-electron chi connectivity index (χ3n) is 3.21. The van der Waals surface area contributed by atoms with E-state index < -0.39 is 9.84 Å². The highest BCUT2D eigenvalue weighted by Gasteiger charge is 2.32. The van der Waals surface area contributed by atoms with E-state index >= 15 is 0 Å². The molecule has 1 rings (SSSR count). The van der Waals surface area contributed by atoms with Crippen LogP contribution in [0.3, 0.4) is 0 Å². The van der Waals surface area contributed by atoms with Crippen molar-refractivity contribution in [2.24, 2.45) is 5.92 Å². The van der Waals surface area contributed by atoms with E-state index in [0.717, 1.165) is 32.1 Å². The maximum absolute atomic E-state index is 11.5. The minimum absolute atomic E-state index is 0.0163. The van der Waals surface area contributed by atoms with E-state index in [1.54, 1.807) is 0 Å². The molecule has 0 aromatic carbocycles. The van der Waals surface area contributed by atoms with Crippen molar-refractivity contribution in [3.63, 3.8) is 0 Å². The highest BCUT2D eigenvalue weighted by Crippen LogP contribution is 2.28. The topological polar surface area (TPSA) is 34.1 Å². The van der Waals surface area contributed by atoms with Crippen molar-refractivity contribution in [1.82, 2.24) is 0 Å². The molecule has 0 radical (unpaired) electrons. The fraction of sp³-hybridized carbons (Fsp3) is 1.00. The molecule has 1 heterocycles. The highest BCUT2D eigenvalue weighted by molar-refractivity contribution is 7.92. The minimum atomic E-state index is -2.70. The van der Waals surface area contributed by atoms with Gasteiger partial charge in [0.1, 0.15) is 0 Å². The van der Waals surface area contributed by atoms with Gasteiger partial charge in [-0.05, 0) is 25.2 Å². The Morgan fingerprint density at radius 1 is 1.31 bits per heavy atom. The van der Waals surface area contributed by atoms with E-state index in [4.69, 9.17) is 0 Å². The number of hydrogen-bond donors (Lipinski definition) is 0. The SMILES string of the molecule is CCC(CC)CC1CCCS1(=O)=O. The van der Waals surface area contributed by atoms with E-state index in [1.165, 1.54) is 0 Å². The lowest BCUT2D eigenvalue weighted by Gasteiger charge is -2.16. The Bertz CT molecular complexity index is 240. The van der Waals surface area contributed by atoms with E-state index in [2.05, 4.69) is 13.8 Å². The monoisotopic (exact) mass is 204 g/mol. The lowest BCUT2D eigenvalue weighted by Crippen LogP contribution is -2.19. The molecule has 0 aliphatic carbocycles. The van der Waals surface area contributed by atoms with Gasteiger partial charge in [-0.2, -0.15) is 0 Å². The summed E-state index contributed by atoms with van der Waals surface area (Å²) in [7, 11) is -2.70. The van der Waals surface area contributed by atoms with Crippen LogP contribution in [0.25, 0.3) is 0 Å². The smallest absolute Gasteiger partial charge is 0.153 e. The average molecular weight is 204 g/mol. The van der Waals surface area contributed by atoms with Gasteiger partial charge in [0.05, 0.1) is 11.0 Å². The van der Waals surface area contributed by atoms with Gasteiger partial charge in [-0.3, -0.25) is 0 Å². The minimum Gasteiger partial charge on any atom is -0.229 e. The molecule has 0 bridgehead atoms. The van der Waals surface area contributed by atoms with Crippen LogP contribution >= 0.6 is 0 Å². The molecule has 0 amide bonds. The van der Waals surface area contributed by atoms with Gasteiger partial charge >= 0.3 is 0 Å². The van der Waals surface area contributed by atoms with Crippen molar-refractivity contribution in [2.45, 2.75) is 51.2 Å². The zero-order valence-electron chi connectivity index (χ0n) is 8.62. The molecule has 3 heteroatoms. The Balaban J connectivity index is 2.53. The van der Waals surface area contributed by atoms with Gasteiger partial charge in [0, 0.05) is 0 Å². The van der Waals surface area contributed by atoms with Gasteiger partial charge < -0.3 is 0 Å². The quantitative estimate of drug-likeness (QED) is 0.704. The molecule has 13 heavy (non-hydrogen) atoms. The Morgan fingerprint density at radius 2 is 1.92 bits per heavy atom. The highest BCUT2D eigenvalue weighted by atomic mass is 32.2. The summed E-state index contributed by atoms with van der Waals surface area (Å²) in [6, 6.07) is 0. The molecular formula is C10H20O2S. The van der Waals surface area contributed by atoms with Crippen LogP contribution < -0.4 is 0 Å². The first-order chi connectivity index (χ1) is 6.10. The van der Waals surface area contributed by atoms with Gasteiger partial charge in [-0.1, -0.05) is 26.7 Å². The van der Waals surface area contributed by atoms with Crippen molar-refractivity contribution in [3.05, 3.63) is 0 Å². The third-order valence-corrected chi connectivity index (χ3v) is 5.52. The predicted octanol–water partition coefficient (Wildman–Crippen LogP) is 2.39. The van der Waals surface area contributed by atoms with E-state index in [1.807, 2.05) is 0 Å². The van der Waals surface area contributed by atoms with Gasteiger partial charge in [0.15, 0.2) is 9.84 Å². The Labute approximate surface area is 81.6 Å². The van der Waals surface area contributed by atoms with Crippen LogP contribution in [0.1, 0.15) is 46.0 Å². The second kappa shape index (κ2) is 4.45. The van der Waals surface area contributed by atoms with Crippen LogP contribution in [0.4, 0.5) is 0 Å². The van der Waals surface area contributed by atoms with Gasteiger partial charge in [-0.25, -0.2) is 8.42 Å². The molecule has 1 unspecified atom stereocenters. The summed E-state index contributed by atoms with van der Waals surface area (Å²) in [5, 5.41) is -0.0163. The molecule has 0 aromatic rings. The Morgan fingerprint density at radius 3 is 2.31 bits per heavy atom. The summed E-state index contributed by atoms with van der Waals surface area (Å²) in [5.74, 6) is 1.04. The van der Waals surface area contributed by atoms with Gasteiger partial charge in [-0.15, -0.1) is 0 Å². The third kappa shape index (κ3) is 2.70. The maximum Gasteiger partial charge on any atom is 0.153 e. The first-order valence-corrected chi connectivity index (χ1v) is 7.03. The average Bonchev–Trinajstić information content (AvgIpc) is 2.41. The molecular weight excluding hydrogens is 184 g/mol. The summed E-state index contributed by atoms with van der Waals surface area (Å²) in [6.07, 6.45) is 4.91. The molecule has 0 aromatic heterocycles. The summed E-state index contributed by atoms with van der Waals surface area (Å²) < 4.78 is 23.1. The Hall–Kier alpha value is -0.0500. The normalized spacial score (nSPS) is 26.8. The largest absolute Gasteiger partial charge is 0.229 e. The van der Waals surface area contributed by atoms with Crippen molar-refractivity contribution in [1.29, 1.82) is 0 Å². The molecule has 78 valence electrons. The number of sulfone groups is 1. The molecule has 0 saturated carbocycles. The van der Waals surface area contributed by atoms with Gasteiger partial charge in [0.2, 0.25) is 0 Å². The lowest BCUT2D eigenvalue weighted by molar-refractivity contribution is 0.436. The van der Waals surface area contributed by atoms with Crippen LogP contribution in [0.5, 0.6) is 0 Å². The molecule has 1 aliphatic rings. The second-order valence-electron chi connectivity index (χ2n) is 4.05. The molecule has 1 fully saturated rings. The van der Waals surface area contributed by atoms with Crippen molar-refractivity contribution >= 4 is 9.84 Å². The lowest BCUT2D eigenvalue weighted by atomic mass is 9.96. The van der Waals surface area contributed by atoms with E-state index in [9.17, 15) is 8.42 Å². The number of rotatable bonds is 4. The van der Waals surface area contributed by atoms with Gasteiger partial charge in [0.25, 0.3) is 0 Å². The van der Waals surface area contributed by atoms with Crippen molar-refractivity contribution in [2.75, 3.05) is 5.75 Å². The van der Waals surface area contributed by atoms with E-state index in [-0.39, 0.29) is 5.25 Å². The first kappa shape index (κ1) is 11.0. The molecule has 1 atom stereocenters. The fourth-order valence-electron chi connectivity index (χ4n) is 2.12. The van der Waals surface area contributed by atoms with Crippen LogP contribution in [-0.2, 0) is 9.84 Å². The summed E-state index contributed by atoms with van der Waals surface area (Å²) in [6.45, 7) is 4.30. The summed E-state index contributed by atoms with van der Waals surface area (Å²) in [5.41, 5.74) is 0. The molecule has 2 nitrogen and oxygen atoms in total. The molecule has 0 spiro atoms. The zero-order valence-corrected chi connectivity index (χ0v) is 9.44. The summed E-state index contributed by atoms with van der Waals surface area (Å²) in [4.78, 5) is 0. The molecule has 1 aliphatic heterocycles. The second-order valence-corrected chi connectivity index (χ2v) is 6.45. The number of hydrogen-bond acceptors (Lipinski definition) is 2. The summed E-state index contributed by atoms with van der Waals surface area (Å²) >= 11 is 0. The van der Waals surface area contributed by atoms with Crippen molar-refractivity contribution in [3.8, 4) is 0 Å². The zero-order chi connectivity index (χ0) is 9.90.